The second-order valence-corrected chi connectivity index (χ2v) is 3.47. The van der Waals surface area contributed by atoms with Crippen molar-refractivity contribution in [2.24, 2.45) is 5.92 Å². The molecule has 1 heterocycles. The van der Waals surface area contributed by atoms with Gasteiger partial charge < -0.3 is 10.2 Å². The van der Waals surface area contributed by atoms with Crippen LogP contribution in [-0.2, 0) is 0 Å². The Morgan fingerprint density at radius 2 is 2.10 bits per heavy atom. The van der Waals surface area contributed by atoms with E-state index in [0.29, 0.717) is 0 Å². The lowest BCUT2D eigenvalue weighted by atomic mass is 9.98. The highest BCUT2D eigenvalue weighted by Gasteiger charge is 2.27. The lowest BCUT2D eigenvalue weighted by Crippen LogP contribution is -2.53. The molecule has 1 aliphatic rings. The molecule has 0 amide bonds. The van der Waals surface area contributed by atoms with Crippen LogP contribution in [0.4, 0.5) is 0 Å². The molecular formula is C8H18N2. The van der Waals surface area contributed by atoms with E-state index < -0.39 is 0 Å². The Morgan fingerprint density at radius 1 is 1.50 bits per heavy atom. The molecule has 60 valence electrons. The molecule has 1 rings (SSSR count). The van der Waals surface area contributed by atoms with Gasteiger partial charge in [0.2, 0.25) is 0 Å². The third-order valence-electron chi connectivity index (χ3n) is 2.21. The molecule has 2 nitrogen and oxygen atoms in total. The molecule has 1 saturated heterocycles. The van der Waals surface area contributed by atoms with Crippen molar-refractivity contribution in [1.29, 1.82) is 0 Å². The summed E-state index contributed by atoms with van der Waals surface area (Å²) in [6, 6.07) is 0.744. The summed E-state index contributed by atoms with van der Waals surface area (Å²) in [5.41, 5.74) is 0. The van der Waals surface area contributed by atoms with Gasteiger partial charge in [0.1, 0.15) is 0 Å². The van der Waals surface area contributed by atoms with Crippen LogP contribution in [0.5, 0.6) is 0 Å². The van der Waals surface area contributed by atoms with Crippen LogP contribution in [-0.4, -0.2) is 37.6 Å². The molecule has 1 aliphatic heterocycles. The predicted molar refractivity (Wildman–Crippen MR) is 44.1 cm³/mol. The lowest BCUT2D eigenvalue weighted by molar-refractivity contribution is 0.0689. The molecule has 0 aromatic carbocycles. The molecule has 1 fully saturated rings. The third-order valence-corrected chi connectivity index (χ3v) is 2.21. The molecule has 0 atom stereocenters. The van der Waals surface area contributed by atoms with Gasteiger partial charge in [0.05, 0.1) is 0 Å². The van der Waals surface area contributed by atoms with Crippen molar-refractivity contribution in [2.75, 3.05) is 26.7 Å². The van der Waals surface area contributed by atoms with Gasteiger partial charge in [-0.15, -0.1) is 0 Å². The quantitative estimate of drug-likeness (QED) is 0.619. The van der Waals surface area contributed by atoms with Gasteiger partial charge in [-0.1, -0.05) is 0 Å². The molecule has 0 radical (unpaired) electrons. The molecule has 0 aliphatic carbocycles. The first-order valence-corrected chi connectivity index (χ1v) is 4.12. The molecule has 0 aromatic rings. The van der Waals surface area contributed by atoms with Gasteiger partial charge in [-0.05, 0) is 26.8 Å². The maximum absolute atomic E-state index is 3.20. The zero-order valence-electron chi connectivity index (χ0n) is 7.22. The van der Waals surface area contributed by atoms with Crippen molar-refractivity contribution in [3.05, 3.63) is 0 Å². The van der Waals surface area contributed by atoms with Crippen LogP contribution in [0.2, 0.25) is 0 Å². The van der Waals surface area contributed by atoms with Gasteiger partial charge in [0, 0.05) is 25.7 Å². The highest BCUT2D eigenvalue weighted by atomic mass is 15.2. The average molecular weight is 142 g/mol. The first-order valence-electron chi connectivity index (χ1n) is 4.12. The minimum Gasteiger partial charge on any atom is -0.319 e. The predicted octanol–water partition coefficient (Wildman–Crippen LogP) is 0.546. The van der Waals surface area contributed by atoms with E-state index in [2.05, 4.69) is 24.1 Å². The van der Waals surface area contributed by atoms with Crippen LogP contribution in [0.25, 0.3) is 0 Å². The first-order chi connectivity index (χ1) is 4.74. The zero-order valence-corrected chi connectivity index (χ0v) is 7.22. The first kappa shape index (κ1) is 8.02. The number of hydrogen-bond donors (Lipinski definition) is 1. The van der Waals surface area contributed by atoms with Gasteiger partial charge in [-0.25, -0.2) is 0 Å². The largest absolute Gasteiger partial charge is 0.319 e. The van der Waals surface area contributed by atoms with Crippen LogP contribution >= 0.6 is 0 Å². The fourth-order valence-electron chi connectivity index (χ4n) is 1.45. The topological polar surface area (TPSA) is 15.3 Å². The summed E-state index contributed by atoms with van der Waals surface area (Å²) in [6.45, 7) is 8.28. The smallest absolute Gasteiger partial charge is 0.00388 e. The summed E-state index contributed by atoms with van der Waals surface area (Å²) in [4.78, 5) is 2.50. The van der Waals surface area contributed by atoms with Gasteiger partial charge >= 0.3 is 0 Å². The summed E-state index contributed by atoms with van der Waals surface area (Å²) in [6.07, 6.45) is 0. The molecule has 0 unspecified atom stereocenters. The summed E-state index contributed by atoms with van der Waals surface area (Å²) in [7, 11) is 2.03. The number of rotatable bonds is 3. The maximum atomic E-state index is 3.20. The van der Waals surface area contributed by atoms with Crippen LogP contribution in [0.3, 0.4) is 0 Å². The minimum atomic E-state index is 0.744. The highest BCUT2D eigenvalue weighted by molar-refractivity contribution is 4.82. The summed E-state index contributed by atoms with van der Waals surface area (Å²) < 4.78 is 0. The Balaban J connectivity index is 2.06. The van der Waals surface area contributed by atoms with E-state index in [1.54, 1.807) is 0 Å². The third kappa shape index (κ3) is 1.70. The van der Waals surface area contributed by atoms with Crippen molar-refractivity contribution >= 4 is 0 Å². The van der Waals surface area contributed by atoms with E-state index in [9.17, 15) is 0 Å². The number of hydrogen-bond acceptors (Lipinski definition) is 2. The molecule has 0 aromatic heterocycles. The monoisotopic (exact) mass is 142 g/mol. The van der Waals surface area contributed by atoms with E-state index in [0.717, 1.165) is 12.0 Å². The highest BCUT2D eigenvalue weighted by Crippen LogP contribution is 2.16. The van der Waals surface area contributed by atoms with Crippen LogP contribution in [0.15, 0.2) is 0 Å². The fourth-order valence-corrected chi connectivity index (χ4v) is 1.45. The van der Waals surface area contributed by atoms with E-state index >= 15 is 0 Å². The van der Waals surface area contributed by atoms with Crippen LogP contribution < -0.4 is 5.32 Å². The molecular weight excluding hydrogens is 124 g/mol. The minimum absolute atomic E-state index is 0.744. The fraction of sp³-hybridized carbons (Fsp3) is 1.00. The van der Waals surface area contributed by atoms with Crippen LogP contribution in [0, 0.1) is 5.92 Å². The second-order valence-electron chi connectivity index (χ2n) is 3.47. The molecule has 0 saturated carbocycles. The lowest BCUT2D eigenvalue weighted by Gasteiger charge is -2.42. The van der Waals surface area contributed by atoms with Gasteiger partial charge in [-0.2, -0.15) is 0 Å². The number of nitrogens with zero attached hydrogens (tertiary/aromatic N) is 1. The second kappa shape index (κ2) is 3.35. The summed E-state index contributed by atoms with van der Waals surface area (Å²) in [5, 5.41) is 3.20. The van der Waals surface area contributed by atoms with Crippen molar-refractivity contribution in [2.45, 2.75) is 19.9 Å². The van der Waals surface area contributed by atoms with Gasteiger partial charge in [-0.3, -0.25) is 0 Å². The average Bonchev–Trinajstić information content (AvgIpc) is 1.76. The zero-order chi connectivity index (χ0) is 7.56. The van der Waals surface area contributed by atoms with Crippen molar-refractivity contribution in [3.63, 3.8) is 0 Å². The molecule has 2 heteroatoms. The van der Waals surface area contributed by atoms with E-state index in [4.69, 9.17) is 0 Å². The Morgan fingerprint density at radius 3 is 2.50 bits per heavy atom. The summed E-state index contributed by atoms with van der Waals surface area (Å²) >= 11 is 0. The molecule has 0 spiro atoms. The Hall–Kier alpha value is -0.0800. The van der Waals surface area contributed by atoms with Crippen molar-refractivity contribution in [1.82, 2.24) is 10.2 Å². The summed E-state index contributed by atoms with van der Waals surface area (Å²) in [5.74, 6) is 0.910. The molecule has 0 bridgehead atoms. The van der Waals surface area contributed by atoms with Crippen LogP contribution in [0.1, 0.15) is 13.8 Å². The van der Waals surface area contributed by atoms with Crippen molar-refractivity contribution in [3.8, 4) is 0 Å². The van der Waals surface area contributed by atoms with Gasteiger partial charge in [0.15, 0.2) is 0 Å². The Bertz CT molecular complexity index is 95.4. The standard InChI is InChI=1S/C8H18N2/c1-7(2)10-5-8(6-10)4-9-3/h7-9H,4-6H2,1-3H3. The Kier molecular flexibility index (Phi) is 2.69. The number of likely N-dealkylation sites (tertiary alicyclic amines) is 1. The SMILES string of the molecule is CNCC1CN(C(C)C)C1. The Labute approximate surface area is 63.6 Å². The van der Waals surface area contributed by atoms with E-state index in [1.165, 1.54) is 19.6 Å². The van der Waals surface area contributed by atoms with Gasteiger partial charge in [0.25, 0.3) is 0 Å². The normalized spacial score (nSPS) is 21.6. The molecule has 1 N–H and O–H groups in total. The number of nitrogens with one attached hydrogen (secondary N) is 1. The van der Waals surface area contributed by atoms with E-state index in [-0.39, 0.29) is 0 Å². The maximum Gasteiger partial charge on any atom is 0.00388 e. The molecule has 10 heavy (non-hydrogen) atoms. The van der Waals surface area contributed by atoms with Crippen molar-refractivity contribution < 1.29 is 0 Å². The van der Waals surface area contributed by atoms with E-state index in [1.807, 2.05) is 7.05 Å².